The van der Waals surface area contributed by atoms with Crippen LogP contribution >= 0.6 is 0 Å². The summed E-state index contributed by atoms with van der Waals surface area (Å²) in [5.74, 6) is 0. The molecule has 1 heterocycles. The Kier molecular flexibility index (Phi) is 5.61. The summed E-state index contributed by atoms with van der Waals surface area (Å²) >= 11 is 0. The summed E-state index contributed by atoms with van der Waals surface area (Å²) in [5.41, 5.74) is 2.21. The van der Waals surface area contributed by atoms with E-state index in [1.54, 1.807) is 0 Å². The van der Waals surface area contributed by atoms with Crippen LogP contribution in [0.5, 0.6) is 0 Å². The first-order valence-electron chi connectivity index (χ1n) is 9.84. The van der Waals surface area contributed by atoms with Crippen LogP contribution in [0.25, 0.3) is 0 Å². The second-order valence-electron chi connectivity index (χ2n) is 7.13. The summed E-state index contributed by atoms with van der Waals surface area (Å²) < 4.78 is 7.87. The van der Waals surface area contributed by atoms with Crippen LogP contribution < -0.4 is 0 Å². The van der Waals surface area contributed by atoms with Crippen LogP contribution in [0.2, 0.25) is 0 Å². The third-order valence-electron chi connectivity index (χ3n) is 6.25. The van der Waals surface area contributed by atoms with Crippen LogP contribution in [0.15, 0.2) is 60.7 Å². The molecule has 1 atom stereocenters. The first kappa shape index (κ1) is 18.2. The maximum atomic E-state index is 6.73. The topological polar surface area (TPSA) is 9.23 Å². The van der Waals surface area contributed by atoms with E-state index in [0.29, 0.717) is 12.6 Å². The Morgan fingerprint density at radius 1 is 0.880 bits per heavy atom. The highest BCUT2D eigenvalue weighted by atomic mass is 16.5. The van der Waals surface area contributed by atoms with Crippen molar-refractivity contribution in [3.05, 3.63) is 71.8 Å². The maximum absolute atomic E-state index is 6.73. The average Bonchev–Trinajstić information content (AvgIpc) is 3.12. The lowest BCUT2D eigenvalue weighted by atomic mass is 9.77. The zero-order valence-corrected chi connectivity index (χ0v) is 15.9. The number of hydrogen-bond donors (Lipinski definition) is 0. The molecule has 1 saturated heterocycles. The van der Waals surface area contributed by atoms with Gasteiger partial charge in [-0.2, -0.15) is 0 Å². The Morgan fingerprint density at radius 2 is 1.40 bits per heavy atom. The van der Waals surface area contributed by atoms with E-state index in [4.69, 9.17) is 4.74 Å². The highest BCUT2D eigenvalue weighted by molar-refractivity contribution is 5.38. The smallest absolute Gasteiger partial charge is 0.169 e. The summed E-state index contributed by atoms with van der Waals surface area (Å²) in [6.07, 6.45) is 2.49. The first-order valence-corrected chi connectivity index (χ1v) is 9.84. The predicted octanol–water partition coefficient (Wildman–Crippen LogP) is 4.99. The van der Waals surface area contributed by atoms with Gasteiger partial charge in [-0.15, -0.1) is 0 Å². The van der Waals surface area contributed by atoms with Crippen molar-refractivity contribution in [3.8, 4) is 0 Å². The molecule has 1 unspecified atom stereocenters. The van der Waals surface area contributed by atoms with Crippen LogP contribution in [-0.2, 0) is 10.3 Å². The van der Waals surface area contributed by atoms with E-state index in [2.05, 4.69) is 81.4 Å². The lowest BCUT2D eigenvalue weighted by molar-refractivity contribution is -0.943. The minimum Gasteiger partial charge on any atom is -0.360 e. The van der Waals surface area contributed by atoms with E-state index in [1.807, 2.05) is 0 Å². The molecule has 134 valence electrons. The molecule has 0 aromatic heterocycles. The van der Waals surface area contributed by atoms with Gasteiger partial charge in [0.2, 0.25) is 0 Å². The molecule has 0 aliphatic carbocycles. The summed E-state index contributed by atoms with van der Waals surface area (Å²) in [7, 11) is 0. The van der Waals surface area contributed by atoms with Crippen LogP contribution in [0.4, 0.5) is 0 Å². The molecule has 0 N–H and O–H groups in total. The minimum atomic E-state index is -0.375. The van der Waals surface area contributed by atoms with Gasteiger partial charge in [-0.25, -0.2) is 0 Å². The number of quaternary nitrogens is 1. The molecular weight excluding hydrogens is 306 g/mol. The normalized spacial score (nSPS) is 19.9. The Hall–Kier alpha value is -1.64. The van der Waals surface area contributed by atoms with E-state index >= 15 is 0 Å². The van der Waals surface area contributed by atoms with Crippen molar-refractivity contribution in [2.75, 3.05) is 26.2 Å². The zero-order valence-electron chi connectivity index (χ0n) is 15.9. The molecule has 0 bridgehead atoms. The fourth-order valence-electron chi connectivity index (χ4n) is 5.01. The maximum Gasteiger partial charge on any atom is 0.169 e. The van der Waals surface area contributed by atoms with Gasteiger partial charge in [0.25, 0.3) is 0 Å². The molecule has 0 amide bonds. The average molecular weight is 339 g/mol. The molecule has 1 aliphatic heterocycles. The molecule has 2 aromatic rings. The van der Waals surface area contributed by atoms with Gasteiger partial charge in [-0.3, -0.25) is 0 Å². The number of likely N-dealkylation sites (N-methyl/N-ethyl adjacent to an activating group) is 1. The van der Waals surface area contributed by atoms with Crippen LogP contribution in [-0.4, -0.2) is 36.8 Å². The number of likely N-dealkylation sites (tertiary alicyclic amines) is 1. The number of rotatable bonds is 7. The summed E-state index contributed by atoms with van der Waals surface area (Å²) in [6.45, 7) is 11.1. The molecule has 1 aliphatic rings. The SMILES string of the molecule is CCOC(c1ccccc1)(c1ccccc1)C1CCC[N+]1(CC)CC. The number of hydrogen-bond acceptors (Lipinski definition) is 1. The Bertz CT molecular complexity index is 609. The summed E-state index contributed by atoms with van der Waals surface area (Å²) in [4.78, 5) is 0. The van der Waals surface area contributed by atoms with Crippen molar-refractivity contribution in [1.82, 2.24) is 0 Å². The highest BCUT2D eigenvalue weighted by Crippen LogP contribution is 2.46. The van der Waals surface area contributed by atoms with Crippen LogP contribution in [0, 0.1) is 0 Å². The van der Waals surface area contributed by atoms with E-state index in [9.17, 15) is 0 Å². The van der Waals surface area contributed by atoms with Crippen molar-refractivity contribution < 1.29 is 9.22 Å². The van der Waals surface area contributed by atoms with Gasteiger partial charge in [0.15, 0.2) is 5.60 Å². The molecule has 3 rings (SSSR count). The quantitative estimate of drug-likeness (QED) is 0.647. The molecule has 0 radical (unpaired) electrons. The van der Waals surface area contributed by atoms with E-state index in [1.165, 1.54) is 30.5 Å². The predicted molar refractivity (Wildman–Crippen MR) is 105 cm³/mol. The van der Waals surface area contributed by atoms with Gasteiger partial charge >= 0.3 is 0 Å². The second-order valence-corrected chi connectivity index (χ2v) is 7.13. The third-order valence-corrected chi connectivity index (χ3v) is 6.25. The van der Waals surface area contributed by atoms with Gasteiger partial charge in [0.1, 0.15) is 6.04 Å². The van der Waals surface area contributed by atoms with Gasteiger partial charge in [-0.05, 0) is 31.9 Å². The minimum absolute atomic E-state index is 0.375. The van der Waals surface area contributed by atoms with Gasteiger partial charge in [0.05, 0.1) is 19.6 Å². The Balaban J connectivity index is 2.24. The summed E-state index contributed by atoms with van der Waals surface area (Å²) in [5, 5.41) is 0. The fraction of sp³-hybridized carbons (Fsp3) is 0.478. The van der Waals surface area contributed by atoms with E-state index < -0.39 is 0 Å². The molecule has 2 aromatic carbocycles. The van der Waals surface area contributed by atoms with Gasteiger partial charge < -0.3 is 9.22 Å². The zero-order chi connectivity index (χ0) is 17.8. The lowest BCUT2D eigenvalue weighted by Crippen LogP contribution is -2.61. The molecule has 2 nitrogen and oxygen atoms in total. The van der Waals surface area contributed by atoms with Gasteiger partial charge in [0, 0.05) is 19.4 Å². The number of ether oxygens (including phenoxy) is 1. The Labute approximate surface area is 153 Å². The lowest BCUT2D eigenvalue weighted by Gasteiger charge is -2.49. The van der Waals surface area contributed by atoms with Crippen LogP contribution in [0.1, 0.15) is 44.7 Å². The molecule has 0 spiro atoms. The largest absolute Gasteiger partial charge is 0.360 e. The van der Waals surface area contributed by atoms with E-state index in [0.717, 1.165) is 17.6 Å². The molecule has 0 saturated carbocycles. The van der Waals surface area contributed by atoms with Crippen molar-refractivity contribution >= 4 is 0 Å². The summed E-state index contributed by atoms with van der Waals surface area (Å²) in [6, 6.07) is 22.2. The highest BCUT2D eigenvalue weighted by Gasteiger charge is 2.55. The first-order chi connectivity index (χ1) is 12.2. The molecule has 25 heavy (non-hydrogen) atoms. The Morgan fingerprint density at radius 3 is 1.84 bits per heavy atom. The van der Waals surface area contributed by atoms with Crippen LogP contribution in [0.3, 0.4) is 0 Å². The third kappa shape index (κ3) is 3.02. The van der Waals surface area contributed by atoms with Crippen molar-refractivity contribution in [3.63, 3.8) is 0 Å². The molecular formula is C23H32NO+. The molecule has 1 fully saturated rings. The fourth-order valence-corrected chi connectivity index (χ4v) is 5.01. The van der Waals surface area contributed by atoms with E-state index in [-0.39, 0.29) is 5.60 Å². The van der Waals surface area contributed by atoms with Crippen molar-refractivity contribution in [2.45, 2.75) is 45.3 Å². The van der Waals surface area contributed by atoms with Crippen molar-refractivity contribution in [2.24, 2.45) is 0 Å². The van der Waals surface area contributed by atoms with Gasteiger partial charge in [-0.1, -0.05) is 60.7 Å². The number of nitrogens with zero attached hydrogens (tertiary/aromatic N) is 1. The van der Waals surface area contributed by atoms with Crippen molar-refractivity contribution in [1.29, 1.82) is 0 Å². The second kappa shape index (κ2) is 7.72. The number of benzene rings is 2. The molecule has 2 heteroatoms. The monoisotopic (exact) mass is 338 g/mol. The standard InChI is InChI=1S/C23H32NO/c1-4-24(5-2)19-13-18-22(24)23(25-6-3,20-14-9-7-10-15-20)21-16-11-8-12-17-21/h7-12,14-17,22H,4-6,13,18-19H2,1-3H3/q+1.